The lowest BCUT2D eigenvalue weighted by Gasteiger charge is -2.45. The van der Waals surface area contributed by atoms with Gasteiger partial charge in [-0.15, -0.1) is 0 Å². The summed E-state index contributed by atoms with van der Waals surface area (Å²) in [5.41, 5.74) is 1.49. The van der Waals surface area contributed by atoms with Gasteiger partial charge in [-0.3, -0.25) is 9.69 Å². The van der Waals surface area contributed by atoms with Crippen LogP contribution < -0.4 is 0 Å². The van der Waals surface area contributed by atoms with Crippen molar-refractivity contribution in [1.82, 2.24) is 4.90 Å². The van der Waals surface area contributed by atoms with Crippen molar-refractivity contribution in [2.24, 2.45) is 5.92 Å². The van der Waals surface area contributed by atoms with E-state index in [9.17, 15) is 23.1 Å². The fraction of sp³-hybridized carbons (Fsp3) is 0.536. The molecule has 0 aliphatic carbocycles. The van der Waals surface area contributed by atoms with Gasteiger partial charge in [0.15, 0.2) is 0 Å². The number of hydrogen-bond donors (Lipinski definition) is 1. The highest BCUT2D eigenvalue weighted by Crippen LogP contribution is 2.40. The number of carboxylic acids is 1. The highest BCUT2D eigenvalue weighted by molar-refractivity contribution is 6.76. The van der Waals surface area contributed by atoms with Gasteiger partial charge >= 0.3 is 12.1 Å². The van der Waals surface area contributed by atoms with Crippen molar-refractivity contribution < 1.29 is 23.1 Å². The number of carbonyl (C=O) groups is 1. The van der Waals surface area contributed by atoms with Crippen LogP contribution in [0.5, 0.6) is 0 Å². The molecule has 2 aromatic carbocycles. The third-order valence-corrected chi connectivity index (χ3v) is 8.93. The van der Waals surface area contributed by atoms with E-state index in [1.54, 1.807) is 12.1 Å². The highest BCUT2D eigenvalue weighted by Gasteiger charge is 2.36. The Hall–Kier alpha value is -2.12. The molecule has 1 aliphatic rings. The van der Waals surface area contributed by atoms with Crippen LogP contribution in [0.4, 0.5) is 13.2 Å². The first-order valence-electron chi connectivity index (χ1n) is 12.6. The highest BCUT2D eigenvalue weighted by atomic mass is 28.3. The lowest BCUT2D eigenvalue weighted by atomic mass is 9.83. The van der Waals surface area contributed by atoms with Crippen LogP contribution in [0.2, 0.25) is 25.7 Å². The first-order chi connectivity index (χ1) is 16.4. The predicted octanol–water partition coefficient (Wildman–Crippen LogP) is 7.66. The number of aryl methyl sites for hydroxylation is 1. The smallest absolute Gasteiger partial charge is 0.416 e. The molecular weight excluding hydrogens is 467 g/mol. The molecule has 1 N–H and O–H groups in total. The minimum atomic E-state index is -4.37. The Morgan fingerprint density at radius 2 is 1.71 bits per heavy atom. The molecule has 35 heavy (non-hydrogen) atoms. The molecule has 0 saturated carbocycles. The van der Waals surface area contributed by atoms with Gasteiger partial charge in [-0.2, -0.15) is 13.2 Å². The standard InChI is InChI=1S/C28H38F3NO2Si/c1-35(2,3)18-16-25(14-9-21-7-5-4-6-8-21)32-17-15-22(20-27(33)34)19-26(32)23-10-12-24(13-11-23)28(29,30)31/h4-8,10-13,22,25-26H,9,14-20H2,1-3H3,(H,33,34)/t22-,25-,26+/m1/s1. The maximum Gasteiger partial charge on any atom is 0.416 e. The van der Waals surface area contributed by atoms with Crippen LogP contribution in [0.1, 0.15) is 54.8 Å². The molecule has 3 nitrogen and oxygen atoms in total. The molecule has 0 aromatic heterocycles. The normalized spacial score (nSPS) is 20.5. The fourth-order valence-corrected chi connectivity index (χ4v) is 6.40. The number of benzene rings is 2. The van der Waals surface area contributed by atoms with Gasteiger partial charge in [-0.05, 0) is 67.8 Å². The summed E-state index contributed by atoms with van der Waals surface area (Å²) in [7, 11) is -1.29. The van der Waals surface area contributed by atoms with Gasteiger partial charge in [0.1, 0.15) is 0 Å². The summed E-state index contributed by atoms with van der Waals surface area (Å²) >= 11 is 0. The number of nitrogens with zero attached hydrogens (tertiary/aromatic N) is 1. The van der Waals surface area contributed by atoms with Crippen LogP contribution in [0.25, 0.3) is 0 Å². The average Bonchev–Trinajstić information content (AvgIpc) is 2.78. The Bertz CT molecular complexity index is 941. The Morgan fingerprint density at radius 1 is 1.06 bits per heavy atom. The Morgan fingerprint density at radius 3 is 2.29 bits per heavy atom. The third kappa shape index (κ3) is 8.49. The van der Waals surface area contributed by atoms with Crippen molar-refractivity contribution >= 4 is 14.0 Å². The molecule has 0 radical (unpaired) electrons. The molecular formula is C28H38F3NO2Si. The van der Waals surface area contributed by atoms with E-state index >= 15 is 0 Å². The largest absolute Gasteiger partial charge is 0.481 e. The molecule has 7 heteroatoms. The molecule has 1 fully saturated rings. The van der Waals surface area contributed by atoms with Crippen molar-refractivity contribution in [3.63, 3.8) is 0 Å². The molecule has 3 atom stereocenters. The number of alkyl halides is 3. The minimum Gasteiger partial charge on any atom is -0.481 e. The summed E-state index contributed by atoms with van der Waals surface area (Å²) in [6.07, 6.45) is 0.190. The molecule has 3 rings (SSSR count). The molecule has 0 spiro atoms. The van der Waals surface area contributed by atoms with Crippen LogP contribution in [0.15, 0.2) is 54.6 Å². The summed E-state index contributed by atoms with van der Waals surface area (Å²) in [5, 5.41) is 9.37. The van der Waals surface area contributed by atoms with Gasteiger partial charge in [0.2, 0.25) is 0 Å². The minimum absolute atomic E-state index is 0.0304. The zero-order valence-electron chi connectivity index (χ0n) is 21.0. The Balaban J connectivity index is 1.88. The SMILES string of the molecule is C[Si](C)(C)CC[C@@H](CCc1ccccc1)N1CC[C@@H](CC(=O)O)C[C@H]1c1ccc(C(F)(F)F)cc1. The fourth-order valence-electron chi connectivity index (χ4n) is 5.20. The van der Waals surface area contributed by atoms with Crippen LogP contribution in [-0.4, -0.2) is 36.6 Å². The van der Waals surface area contributed by atoms with Gasteiger partial charge in [0, 0.05) is 26.6 Å². The van der Waals surface area contributed by atoms with E-state index in [0.29, 0.717) is 12.5 Å². The van der Waals surface area contributed by atoms with Gasteiger partial charge in [-0.25, -0.2) is 0 Å². The maximum atomic E-state index is 13.2. The lowest BCUT2D eigenvalue weighted by Crippen LogP contribution is -2.45. The van der Waals surface area contributed by atoms with E-state index < -0.39 is 25.8 Å². The zero-order valence-corrected chi connectivity index (χ0v) is 22.0. The lowest BCUT2D eigenvalue weighted by molar-refractivity contribution is -0.139. The predicted molar refractivity (Wildman–Crippen MR) is 137 cm³/mol. The second-order valence-corrected chi connectivity index (χ2v) is 16.8. The molecule has 1 saturated heterocycles. The number of carboxylic acid groups (broad SMARTS) is 1. The van der Waals surface area contributed by atoms with Gasteiger partial charge < -0.3 is 5.11 Å². The summed E-state index contributed by atoms with van der Waals surface area (Å²) in [6.45, 7) is 7.88. The zero-order chi connectivity index (χ0) is 25.6. The first kappa shape index (κ1) is 27.5. The number of piperidine rings is 1. The molecule has 0 unspecified atom stereocenters. The van der Waals surface area contributed by atoms with Gasteiger partial charge in [-0.1, -0.05) is 68.1 Å². The molecule has 0 bridgehead atoms. The molecule has 1 aliphatic heterocycles. The molecule has 192 valence electrons. The molecule has 2 aromatic rings. The van der Waals surface area contributed by atoms with Gasteiger partial charge in [0.05, 0.1) is 5.56 Å². The molecule has 1 heterocycles. The number of halogens is 3. The number of aliphatic carboxylic acids is 1. The average molecular weight is 506 g/mol. The number of likely N-dealkylation sites (tertiary alicyclic amines) is 1. The quantitative estimate of drug-likeness (QED) is 0.337. The molecule has 0 amide bonds. The number of rotatable bonds is 10. The maximum absolute atomic E-state index is 13.2. The van der Waals surface area contributed by atoms with Crippen molar-refractivity contribution in [1.29, 1.82) is 0 Å². The van der Waals surface area contributed by atoms with Crippen molar-refractivity contribution in [3.05, 3.63) is 71.3 Å². The van der Waals surface area contributed by atoms with Crippen LogP contribution >= 0.6 is 0 Å². The van der Waals surface area contributed by atoms with E-state index in [1.165, 1.54) is 11.6 Å². The second kappa shape index (κ2) is 11.7. The Labute approximate surface area is 208 Å². The third-order valence-electron chi connectivity index (χ3n) is 7.14. The van der Waals surface area contributed by atoms with Gasteiger partial charge in [0.25, 0.3) is 0 Å². The van der Waals surface area contributed by atoms with Crippen LogP contribution in [0.3, 0.4) is 0 Å². The number of hydrogen-bond acceptors (Lipinski definition) is 2. The first-order valence-corrected chi connectivity index (χ1v) is 16.3. The summed E-state index contributed by atoms with van der Waals surface area (Å²) in [6, 6.07) is 17.3. The van der Waals surface area contributed by atoms with E-state index in [1.807, 2.05) is 6.07 Å². The second-order valence-electron chi connectivity index (χ2n) is 11.1. The summed E-state index contributed by atoms with van der Waals surface area (Å²) < 4.78 is 39.5. The van der Waals surface area contributed by atoms with Crippen LogP contribution in [0, 0.1) is 5.92 Å². The van der Waals surface area contributed by atoms with E-state index in [-0.39, 0.29) is 18.4 Å². The van der Waals surface area contributed by atoms with Crippen molar-refractivity contribution in [3.8, 4) is 0 Å². The monoisotopic (exact) mass is 505 g/mol. The topological polar surface area (TPSA) is 40.5 Å². The van der Waals surface area contributed by atoms with E-state index in [4.69, 9.17) is 0 Å². The van der Waals surface area contributed by atoms with Crippen molar-refractivity contribution in [2.45, 2.75) is 82.5 Å². The van der Waals surface area contributed by atoms with E-state index in [2.05, 4.69) is 48.8 Å². The van der Waals surface area contributed by atoms with Crippen LogP contribution in [-0.2, 0) is 17.4 Å². The van der Waals surface area contributed by atoms with Crippen molar-refractivity contribution in [2.75, 3.05) is 6.54 Å². The Kier molecular flexibility index (Phi) is 9.21. The summed E-state index contributed by atoms with van der Waals surface area (Å²) in [5.74, 6) is -0.781. The van der Waals surface area contributed by atoms with E-state index in [0.717, 1.165) is 49.9 Å². The summed E-state index contributed by atoms with van der Waals surface area (Å²) in [4.78, 5) is 13.9.